The third kappa shape index (κ3) is 5.99. The summed E-state index contributed by atoms with van der Waals surface area (Å²) in [6.07, 6.45) is -0.958. The Morgan fingerprint density at radius 3 is 2.17 bits per heavy atom. The van der Waals surface area contributed by atoms with Gasteiger partial charge in [0.1, 0.15) is 0 Å². The number of amides is 1. The van der Waals surface area contributed by atoms with Gasteiger partial charge in [-0.3, -0.25) is 4.79 Å². The van der Waals surface area contributed by atoms with E-state index >= 15 is 0 Å². The number of rotatable bonds is 8. The highest BCUT2D eigenvalue weighted by Crippen LogP contribution is 2.29. The van der Waals surface area contributed by atoms with E-state index in [1.165, 1.54) is 7.11 Å². The second kappa shape index (κ2) is 10.1. The topological polar surface area (TPSA) is 73.9 Å². The molecule has 0 spiro atoms. The summed E-state index contributed by atoms with van der Waals surface area (Å²) in [5, 5.41) is 2.86. The Hall–Kier alpha value is -3.02. The lowest BCUT2D eigenvalue weighted by Crippen LogP contribution is -2.30. The van der Waals surface area contributed by atoms with Crippen molar-refractivity contribution in [3.05, 3.63) is 52.6 Å². The second-order valence-corrected chi connectivity index (χ2v) is 7.88. The van der Waals surface area contributed by atoms with Crippen LogP contribution in [-0.4, -0.2) is 31.7 Å². The van der Waals surface area contributed by atoms with Crippen molar-refractivity contribution in [3.63, 3.8) is 0 Å². The molecule has 0 radical (unpaired) electrons. The Morgan fingerprint density at radius 2 is 1.60 bits per heavy atom. The lowest BCUT2D eigenvalue weighted by Gasteiger charge is -2.17. The molecule has 1 amide bonds. The maximum atomic E-state index is 12.6. The highest BCUT2D eigenvalue weighted by Gasteiger charge is 2.21. The molecule has 0 heterocycles. The van der Waals surface area contributed by atoms with E-state index in [1.54, 1.807) is 25.1 Å². The van der Waals surface area contributed by atoms with Gasteiger partial charge < -0.3 is 19.5 Å². The summed E-state index contributed by atoms with van der Waals surface area (Å²) in [5.74, 6) is 0.359. The van der Waals surface area contributed by atoms with Gasteiger partial charge in [-0.25, -0.2) is 4.79 Å². The number of anilines is 1. The molecule has 1 atom stereocenters. The van der Waals surface area contributed by atoms with Gasteiger partial charge in [-0.15, -0.1) is 0 Å². The fourth-order valence-electron chi connectivity index (χ4n) is 3.05. The van der Waals surface area contributed by atoms with Gasteiger partial charge in [0.25, 0.3) is 5.91 Å². The molecule has 0 fully saturated rings. The van der Waals surface area contributed by atoms with E-state index in [0.29, 0.717) is 24.0 Å². The van der Waals surface area contributed by atoms with Crippen molar-refractivity contribution in [2.75, 3.05) is 19.0 Å². The van der Waals surface area contributed by atoms with Gasteiger partial charge in [-0.05, 0) is 62.9 Å². The number of hydrogen-bond donors (Lipinski definition) is 1. The fourth-order valence-corrected chi connectivity index (χ4v) is 3.05. The van der Waals surface area contributed by atoms with E-state index in [-0.39, 0.29) is 11.5 Å². The van der Waals surface area contributed by atoms with E-state index in [1.807, 2.05) is 46.8 Å². The first-order valence-corrected chi connectivity index (χ1v) is 10.0. The zero-order valence-electron chi connectivity index (χ0n) is 18.8. The second-order valence-electron chi connectivity index (χ2n) is 7.88. The first kappa shape index (κ1) is 23.3. The summed E-state index contributed by atoms with van der Waals surface area (Å²) in [7, 11) is 1.51. The van der Waals surface area contributed by atoms with Crippen LogP contribution in [0.15, 0.2) is 30.3 Å². The van der Waals surface area contributed by atoms with E-state index in [0.717, 1.165) is 22.4 Å². The number of esters is 1. The maximum absolute atomic E-state index is 12.6. The Balaban J connectivity index is 2.07. The molecule has 2 aromatic carbocycles. The molecule has 30 heavy (non-hydrogen) atoms. The number of carbonyl (C=O) groups excluding carboxylic acids is 2. The number of ether oxygens (including phenoxy) is 3. The SMILES string of the molecule is COc1cc(C(=O)O[C@H](C)C(=O)Nc2c(C)cc(C)cc2C)ccc1OCC(C)C. The molecule has 0 saturated carbocycles. The summed E-state index contributed by atoms with van der Waals surface area (Å²) in [5.41, 5.74) is 4.06. The predicted octanol–water partition coefficient (Wildman–Crippen LogP) is 4.84. The number of benzene rings is 2. The van der Waals surface area contributed by atoms with Gasteiger partial charge in [0.2, 0.25) is 0 Å². The van der Waals surface area contributed by atoms with Crippen molar-refractivity contribution in [2.24, 2.45) is 5.92 Å². The minimum absolute atomic E-state index is 0.283. The molecule has 162 valence electrons. The minimum atomic E-state index is -0.958. The third-order valence-corrected chi connectivity index (χ3v) is 4.55. The highest BCUT2D eigenvalue weighted by molar-refractivity contribution is 5.98. The number of carbonyl (C=O) groups is 2. The van der Waals surface area contributed by atoms with Crippen LogP contribution in [0.4, 0.5) is 5.69 Å². The molecule has 0 aliphatic rings. The van der Waals surface area contributed by atoms with Crippen molar-refractivity contribution >= 4 is 17.6 Å². The molecule has 2 aromatic rings. The number of aryl methyl sites for hydroxylation is 3. The zero-order valence-corrected chi connectivity index (χ0v) is 18.8. The van der Waals surface area contributed by atoms with Crippen molar-refractivity contribution in [3.8, 4) is 11.5 Å². The molecule has 0 aliphatic heterocycles. The Morgan fingerprint density at radius 1 is 0.967 bits per heavy atom. The molecule has 0 saturated heterocycles. The van der Waals surface area contributed by atoms with Gasteiger partial charge in [0.15, 0.2) is 17.6 Å². The van der Waals surface area contributed by atoms with Crippen LogP contribution in [0.1, 0.15) is 47.8 Å². The molecule has 1 N–H and O–H groups in total. The Kier molecular flexibility index (Phi) is 7.86. The number of nitrogens with one attached hydrogen (secondary N) is 1. The summed E-state index contributed by atoms with van der Waals surface area (Å²) in [6, 6.07) is 8.81. The van der Waals surface area contributed by atoms with Crippen molar-refractivity contribution in [1.29, 1.82) is 0 Å². The standard InChI is InChI=1S/C24H31NO5/c1-14(2)13-29-20-9-8-19(12-21(20)28-7)24(27)30-18(6)23(26)25-22-16(4)10-15(3)11-17(22)5/h8-12,14,18H,13H2,1-7H3,(H,25,26)/t18-/m1/s1. The van der Waals surface area contributed by atoms with Crippen molar-refractivity contribution in [1.82, 2.24) is 0 Å². The maximum Gasteiger partial charge on any atom is 0.339 e. The van der Waals surface area contributed by atoms with E-state index < -0.39 is 12.1 Å². The molecular formula is C24H31NO5. The molecule has 6 nitrogen and oxygen atoms in total. The summed E-state index contributed by atoms with van der Waals surface area (Å²) in [4.78, 5) is 25.1. The lowest BCUT2D eigenvalue weighted by molar-refractivity contribution is -0.123. The minimum Gasteiger partial charge on any atom is -0.493 e. The first-order valence-electron chi connectivity index (χ1n) is 10.0. The fraction of sp³-hybridized carbons (Fsp3) is 0.417. The third-order valence-electron chi connectivity index (χ3n) is 4.55. The van der Waals surface area contributed by atoms with Crippen LogP contribution in [0, 0.1) is 26.7 Å². The predicted molar refractivity (Wildman–Crippen MR) is 117 cm³/mol. The molecule has 0 aliphatic carbocycles. The average Bonchev–Trinajstić information content (AvgIpc) is 2.68. The van der Waals surface area contributed by atoms with E-state index in [4.69, 9.17) is 14.2 Å². The molecular weight excluding hydrogens is 382 g/mol. The molecule has 0 unspecified atom stereocenters. The van der Waals surface area contributed by atoms with Crippen molar-refractivity contribution < 1.29 is 23.8 Å². The zero-order chi connectivity index (χ0) is 22.4. The van der Waals surface area contributed by atoms with E-state index in [9.17, 15) is 9.59 Å². The van der Waals surface area contributed by atoms with Gasteiger partial charge in [-0.1, -0.05) is 31.5 Å². The van der Waals surface area contributed by atoms with Gasteiger partial charge in [-0.2, -0.15) is 0 Å². The van der Waals surface area contributed by atoms with E-state index in [2.05, 4.69) is 5.32 Å². The van der Waals surface area contributed by atoms with Crippen LogP contribution in [0.2, 0.25) is 0 Å². The summed E-state index contributed by atoms with van der Waals surface area (Å²) >= 11 is 0. The lowest BCUT2D eigenvalue weighted by atomic mass is 10.0. The van der Waals surface area contributed by atoms with Gasteiger partial charge in [0, 0.05) is 5.69 Å². The summed E-state index contributed by atoms with van der Waals surface area (Å²) in [6.45, 7) is 12.0. The van der Waals surface area contributed by atoms with Gasteiger partial charge >= 0.3 is 5.97 Å². The normalized spacial score (nSPS) is 11.7. The van der Waals surface area contributed by atoms with Crippen molar-refractivity contribution in [2.45, 2.75) is 47.6 Å². The van der Waals surface area contributed by atoms with Crippen LogP contribution < -0.4 is 14.8 Å². The number of methoxy groups -OCH3 is 1. The van der Waals surface area contributed by atoms with Crippen LogP contribution in [-0.2, 0) is 9.53 Å². The number of hydrogen-bond acceptors (Lipinski definition) is 5. The molecule has 0 aromatic heterocycles. The smallest absolute Gasteiger partial charge is 0.339 e. The Bertz CT molecular complexity index is 897. The van der Waals surface area contributed by atoms with Crippen LogP contribution in [0.25, 0.3) is 0 Å². The monoisotopic (exact) mass is 413 g/mol. The van der Waals surface area contributed by atoms with Crippen LogP contribution in [0.5, 0.6) is 11.5 Å². The molecule has 2 rings (SSSR count). The van der Waals surface area contributed by atoms with Crippen LogP contribution >= 0.6 is 0 Å². The van der Waals surface area contributed by atoms with Crippen LogP contribution in [0.3, 0.4) is 0 Å². The molecule has 0 bridgehead atoms. The van der Waals surface area contributed by atoms with Gasteiger partial charge in [0.05, 0.1) is 19.3 Å². The summed E-state index contributed by atoms with van der Waals surface area (Å²) < 4.78 is 16.4. The Labute approximate surface area is 178 Å². The molecule has 6 heteroatoms. The average molecular weight is 414 g/mol. The largest absolute Gasteiger partial charge is 0.493 e. The quantitative estimate of drug-likeness (QED) is 0.627. The highest BCUT2D eigenvalue weighted by atomic mass is 16.5. The first-order chi connectivity index (χ1) is 14.1.